The Morgan fingerprint density at radius 2 is 2.21 bits per heavy atom. The van der Waals surface area contributed by atoms with E-state index in [-0.39, 0.29) is 11.7 Å². The Morgan fingerprint density at radius 3 is 2.64 bits per heavy atom. The molecule has 0 unspecified atom stereocenters. The second-order valence-electron chi connectivity index (χ2n) is 3.24. The third kappa shape index (κ3) is 2.18. The lowest BCUT2D eigenvalue weighted by Crippen LogP contribution is -2.33. The van der Waals surface area contributed by atoms with E-state index in [1.54, 1.807) is 12.1 Å². The zero-order valence-corrected chi connectivity index (χ0v) is 10.5. The van der Waals surface area contributed by atoms with Gasteiger partial charge >= 0.3 is 0 Å². The first kappa shape index (κ1) is 10.6. The molecule has 6 heteroatoms. The molecule has 2 heterocycles. The van der Waals surface area contributed by atoms with E-state index in [1.165, 1.54) is 11.3 Å². The van der Waals surface area contributed by atoms with Crippen LogP contribution in [0.3, 0.4) is 0 Å². The van der Waals surface area contributed by atoms with E-state index >= 15 is 0 Å². The highest BCUT2D eigenvalue weighted by Gasteiger charge is 2.27. The fraction of sp³-hybridized carbons (Fsp3) is 0.500. The molecule has 0 saturated carbocycles. The van der Waals surface area contributed by atoms with Crippen molar-refractivity contribution in [2.45, 2.75) is 4.21 Å². The van der Waals surface area contributed by atoms with Gasteiger partial charge in [0, 0.05) is 5.92 Å². The van der Waals surface area contributed by atoms with Crippen LogP contribution >= 0.6 is 27.3 Å². The molecule has 1 saturated heterocycles. The highest BCUT2D eigenvalue weighted by molar-refractivity contribution is 9.11. The Morgan fingerprint density at radius 1 is 1.50 bits per heavy atom. The second kappa shape index (κ2) is 3.92. The summed E-state index contributed by atoms with van der Waals surface area (Å²) in [4.78, 5) is 0. The monoisotopic (exact) mass is 296 g/mol. The van der Waals surface area contributed by atoms with Gasteiger partial charge in [0.2, 0.25) is 0 Å². The van der Waals surface area contributed by atoms with Crippen molar-refractivity contribution in [2.24, 2.45) is 5.92 Å². The van der Waals surface area contributed by atoms with Crippen LogP contribution in [0.5, 0.6) is 0 Å². The zero-order chi connectivity index (χ0) is 10.2. The van der Waals surface area contributed by atoms with Gasteiger partial charge < -0.3 is 4.74 Å². The van der Waals surface area contributed by atoms with Crippen LogP contribution in [0.2, 0.25) is 0 Å². The first-order chi connectivity index (χ1) is 6.58. The molecule has 0 aromatic carbocycles. The first-order valence-electron chi connectivity index (χ1n) is 4.14. The molecule has 0 radical (unpaired) electrons. The van der Waals surface area contributed by atoms with E-state index in [4.69, 9.17) is 4.74 Å². The summed E-state index contributed by atoms with van der Waals surface area (Å²) in [6.07, 6.45) is 0. The van der Waals surface area contributed by atoms with E-state index < -0.39 is 9.84 Å². The van der Waals surface area contributed by atoms with Crippen molar-refractivity contribution in [1.29, 1.82) is 0 Å². The molecule has 0 amide bonds. The molecule has 1 aliphatic heterocycles. The summed E-state index contributed by atoms with van der Waals surface area (Å²) < 4.78 is 29.8. The molecule has 1 fully saturated rings. The van der Waals surface area contributed by atoms with Gasteiger partial charge in [0.25, 0.3) is 0 Å². The van der Waals surface area contributed by atoms with Gasteiger partial charge in [-0.1, -0.05) is 0 Å². The van der Waals surface area contributed by atoms with Crippen LogP contribution in [-0.2, 0) is 14.6 Å². The predicted molar refractivity (Wildman–Crippen MR) is 58.4 cm³/mol. The standard InChI is InChI=1S/C8H9BrO3S2/c9-7-1-2-8(13-7)14(10,11)5-6-3-12-4-6/h1-2,6H,3-5H2. The van der Waals surface area contributed by atoms with Crippen molar-refractivity contribution >= 4 is 37.1 Å². The molecule has 0 N–H and O–H groups in total. The second-order valence-corrected chi connectivity index (χ2v) is 7.97. The van der Waals surface area contributed by atoms with E-state index in [9.17, 15) is 8.42 Å². The molecule has 2 rings (SSSR count). The fourth-order valence-corrected chi connectivity index (χ4v) is 4.91. The molecule has 1 aromatic heterocycles. The Kier molecular flexibility index (Phi) is 2.97. The third-order valence-corrected chi connectivity index (χ3v) is 6.11. The van der Waals surface area contributed by atoms with Gasteiger partial charge in [-0.15, -0.1) is 11.3 Å². The molecule has 0 bridgehead atoms. The maximum atomic E-state index is 11.8. The summed E-state index contributed by atoms with van der Waals surface area (Å²) >= 11 is 4.51. The van der Waals surface area contributed by atoms with Gasteiger partial charge in [-0.2, -0.15) is 0 Å². The number of hydrogen-bond acceptors (Lipinski definition) is 4. The number of thiophene rings is 1. The largest absolute Gasteiger partial charge is 0.381 e. The quantitative estimate of drug-likeness (QED) is 0.856. The molecule has 0 atom stereocenters. The molecule has 1 aromatic rings. The number of hydrogen-bond donors (Lipinski definition) is 0. The molecule has 14 heavy (non-hydrogen) atoms. The molecule has 78 valence electrons. The first-order valence-corrected chi connectivity index (χ1v) is 7.40. The van der Waals surface area contributed by atoms with E-state index in [0.717, 1.165) is 3.79 Å². The Bertz CT molecular complexity index is 420. The molecule has 3 nitrogen and oxygen atoms in total. The highest BCUT2D eigenvalue weighted by atomic mass is 79.9. The summed E-state index contributed by atoms with van der Waals surface area (Å²) in [5.74, 6) is 0.390. The molecule has 0 spiro atoms. The molecular weight excluding hydrogens is 288 g/mol. The lowest BCUT2D eigenvalue weighted by Gasteiger charge is -2.25. The SMILES string of the molecule is O=S(=O)(CC1COC1)c1ccc(Br)s1. The maximum absolute atomic E-state index is 11.8. The average molecular weight is 297 g/mol. The highest BCUT2D eigenvalue weighted by Crippen LogP contribution is 2.28. The number of sulfone groups is 1. The maximum Gasteiger partial charge on any atom is 0.188 e. The van der Waals surface area contributed by atoms with Crippen LogP contribution < -0.4 is 0 Å². The third-order valence-electron chi connectivity index (χ3n) is 2.02. The predicted octanol–water partition coefficient (Wildman–Crippen LogP) is 1.93. The lowest BCUT2D eigenvalue weighted by atomic mass is 10.1. The van der Waals surface area contributed by atoms with Crippen molar-refractivity contribution < 1.29 is 13.2 Å². The van der Waals surface area contributed by atoms with Gasteiger partial charge in [-0.05, 0) is 28.1 Å². The minimum Gasteiger partial charge on any atom is -0.381 e. The summed E-state index contributed by atoms with van der Waals surface area (Å²) in [5.41, 5.74) is 0. The van der Waals surface area contributed by atoms with Crippen LogP contribution in [0.1, 0.15) is 0 Å². The van der Waals surface area contributed by atoms with Crippen molar-refractivity contribution in [1.82, 2.24) is 0 Å². The minimum atomic E-state index is -3.09. The fourth-order valence-electron chi connectivity index (χ4n) is 1.24. The summed E-state index contributed by atoms with van der Waals surface area (Å²) in [5, 5.41) is 0. The lowest BCUT2D eigenvalue weighted by molar-refractivity contribution is -0.0204. The molecular formula is C8H9BrO3S2. The Hall–Kier alpha value is 0.0900. The van der Waals surface area contributed by atoms with Gasteiger partial charge in [0.1, 0.15) is 4.21 Å². The van der Waals surface area contributed by atoms with Crippen LogP contribution in [0.4, 0.5) is 0 Å². The number of rotatable bonds is 3. The topological polar surface area (TPSA) is 43.4 Å². The minimum absolute atomic E-state index is 0.181. The van der Waals surface area contributed by atoms with Gasteiger partial charge in [0.05, 0.1) is 22.8 Å². The number of halogens is 1. The number of ether oxygens (including phenoxy) is 1. The van der Waals surface area contributed by atoms with E-state index in [1.807, 2.05) is 0 Å². The van der Waals surface area contributed by atoms with Crippen LogP contribution in [0.15, 0.2) is 20.1 Å². The van der Waals surface area contributed by atoms with Gasteiger partial charge in [0.15, 0.2) is 9.84 Å². The Labute approximate surface area is 95.1 Å². The summed E-state index contributed by atoms with van der Waals surface area (Å²) in [7, 11) is -3.09. The van der Waals surface area contributed by atoms with Crippen LogP contribution in [0.25, 0.3) is 0 Å². The average Bonchev–Trinajstić information content (AvgIpc) is 2.45. The van der Waals surface area contributed by atoms with Crippen molar-refractivity contribution in [3.8, 4) is 0 Å². The van der Waals surface area contributed by atoms with E-state index in [0.29, 0.717) is 17.4 Å². The van der Waals surface area contributed by atoms with Crippen LogP contribution in [0, 0.1) is 5.92 Å². The van der Waals surface area contributed by atoms with Crippen molar-refractivity contribution in [2.75, 3.05) is 19.0 Å². The summed E-state index contributed by atoms with van der Waals surface area (Å²) in [6, 6.07) is 3.40. The smallest absolute Gasteiger partial charge is 0.188 e. The van der Waals surface area contributed by atoms with Crippen molar-refractivity contribution in [3.05, 3.63) is 15.9 Å². The van der Waals surface area contributed by atoms with Gasteiger partial charge in [-0.25, -0.2) is 8.42 Å². The van der Waals surface area contributed by atoms with Crippen LogP contribution in [-0.4, -0.2) is 27.4 Å². The normalized spacial score (nSPS) is 18.1. The summed E-state index contributed by atoms with van der Waals surface area (Å²) in [6.45, 7) is 1.15. The van der Waals surface area contributed by atoms with Gasteiger partial charge in [-0.3, -0.25) is 0 Å². The zero-order valence-electron chi connectivity index (χ0n) is 7.27. The Balaban J connectivity index is 2.15. The van der Waals surface area contributed by atoms with Crippen molar-refractivity contribution in [3.63, 3.8) is 0 Å². The molecule has 1 aliphatic rings. The molecule has 0 aliphatic carbocycles. The van der Waals surface area contributed by atoms with E-state index in [2.05, 4.69) is 15.9 Å².